The second-order valence-electron chi connectivity index (χ2n) is 13.4. The van der Waals surface area contributed by atoms with E-state index < -0.39 is 0 Å². The van der Waals surface area contributed by atoms with E-state index in [9.17, 15) is 0 Å². The molecule has 2 unspecified atom stereocenters. The zero-order valence-corrected chi connectivity index (χ0v) is 28.1. The molecule has 4 heteroatoms. The van der Waals surface area contributed by atoms with E-state index in [1.54, 1.807) is 0 Å². The van der Waals surface area contributed by atoms with Crippen molar-refractivity contribution in [3.63, 3.8) is 0 Å². The molecule has 0 spiro atoms. The molecule has 232 valence electrons. The first-order valence-corrected chi connectivity index (χ1v) is 17.5. The van der Waals surface area contributed by atoms with Crippen LogP contribution < -0.4 is 0 Å². The van der Waals surface area contributed by atoms with Gasteiger partial charge in [0.15, 0.2) is 5.82 Å². The summed E-state index contributed by atoms with van der Waals surface area (Å²) >= 11 is 1.99. The molecule has 0 N–H and O–H groups in total. The Kier molecular flexibility index (Phi) is 6.70. The van der Waals surface area contributed by atoms with Crippen LogP contribution in [0.3, 0.4) is 0 Å². The molecule has 2 atom stereocenters. The lowest BCUT2D eigenvalue weighted by atomic mass is 9.74. The van der Waals surface area contributed by atoms with Crippen LogP contribution in [0.1, 0.15) is 43.0 Å². The van der Waals surface area contributed by atoms with Crippen LogP contribution in [0.4, 0.5) is 0 Å². The first-order chi connectivity index (χ1) is 23.5. The van der Waals surface area contributed by atoms with Crippen molar-refractivity contribution in [2.75, 3.05) is 0 Å². The summed E-state index contributed by atoms with van der Waals surface area (Å²) in [6.45, 7) is 6.90. The number of fused-ring (bicyclic) bond motifs is 10. The zero-order valence-electron chi connectivity index (χ0n) is 27.3. The number of rotatable bonds is 5. The summed E-state index contributed by atoms with van der Waals surface area (Å²) in [6, 6.07) is 32.1. The Morgan fingerprint density at radius 2 is 1.54 bits per heavy atom. The van der Waals surface area contributed by atoms with Gasteiger partial charge in [-0.2, -0.15) is 0 Å². The number of allylic oxidation sites excluding steroid dienone is 9. The van der Waals surface area contributed by atoms with E-state index in [0.29, 0.717) is 17.7 Å². The third-order valence-corrected chi connectivity index (χ3v) is 11.5. The van der Waals surface area contributed by atoms with E-state index in [0.717, 1.165) is 27.7 Å². The van der Waals surface area contributed by atoms with Crippen molar-refractivity contribution >= 4 is 65.9 Å². The number of hydrogen-bond acceptors (Lipinski definition) is 3. The highest BCUT2D eigenvalue weighted by molar-refractivity contribution is 7.20. The van der Waals surface area contributed by atoms with Crippen LogP contribution in [0, 0.1) is 5.92 Å². The number of nitrogens with zero attached hydrogens (tertiary/aromatic N) is 3. The number of aromatic nitrogens is 3. The van der Waals surface area contributed by atoms with Crippen molar-refractivity contribution in [3.05, 3.63) is 156 Å². The summed E-state index contributed by atoms with van der Waals surface area (Å²) in [5.74, 6) is 1.65. The minimum Gasteiger partial charge on any atom is -0.315 e. The summed E-state index contributed by atoms with van der Waals surface area (Å²) in [5, 5.41) is 5.01. The van der Waals surface area contributed by atoms with Gasteiger partial charge < -0.3 is 4.57 Å². The van der Waals surface area contributed by atoms with Gasteiger partial charge in [0.25, 0.3) is 0 Å². The molecule has 2 aliphatic rings. The molecular formula is C44H35N3S. The maximum absolute atomic E-state index is 5.14. The van der Waals surface area contributed by atoms with Gasteiger partial charge in [-0.25, -0.2) is 9.97 Å². The summed E-state index contributed by atoms with van der Waals surface area (Å²) in [7, 11) is 0. The Morgan fingerprint density at radius 3 is 2.40 bits per heavy atom. The van der Waals surface area contributed by atoms with Crippen LogP contribution in [0.15, 0.2) is 140 Å². The van der Waals surface area contributed by atoms with Crippen molar-refractivity contribution in [3.8, 4) is 11.3 Å². The molecule has 0 saturated carbocycles. The summed E-state index contributed by atoms with van der Waals surface area (Å²) in [6.07, 6.45) is 19.9. The first-order valence-electron chi connectivity index (χ1n) is 16.7. The van der Waals surface area contributed by atoms with Gasteiger partial charge in [0.05, 0.1) is 26.9 Å². The molecule has 0 bridgehead atoms. The molecule has 3 heterocycles. The SMILES string of the molecule is C\C=C/C(=C\C=C\n1c2ccccc2c2ccc3c4c(sc3c21)C1C=CC=CC1C4(C)C)c1nc(-c2ccccc2)c2ccccc2n1. The van der Waals surface area contributed by atoms with Crippen LogP contribution in [-0.2, 0) is 5.41 Å². The molecule has 7 aromatic rings. The number of thiophene rings is 1. The topological polar surface area (TPSA) is 30.7 Å². The van der Waals surface area contributed by atoms with Gasteiger partial charge in [-0.05, 0) is 53.5 Å². The number of para-hydroxylation sites is 2. The van der Waals surface area contributed by atoms with E-state index in [4.69, 9.17) is 9.97 Å². The molecule has 9 rings (SSSR count). The molecule has 48 heavy (non-hydrogen) atoms. The molecular weight excluding hydrogens is 603 g/mol. The van der Waals surface area contributed by atoms with E-state index in [2.05, 4.69) is 152 Å². The highest BCUT2D eigenvalue weighted by Gasteiger charge is 2.47. The summed E-state index contributed by atoms with van der Waals surface area (Å²) < 4.78 is 3.76. The third-order valence-electron chi connectivity index (χ3n) is 10.2. The lowest BCUT2D eigenvalue weighted by molar-refractivity contribution is 0.396. The molecule has 0 amide bonds. The lowest BCUT2D eigenvalue weighted by Crippen LogP contribution is -2.24. The van der Waals surface area contributed by atoms with E-state index >= 15 is 0 Å². The van der Waals surface area contributed by atoms with E-state index in [1.807, 2.05) is 30.4 Å². The van der Waals surface area contributed by atoms with Crippen LogP contribution in [0.25, 0.3) is 65.8 Å². The van der Waals surface area contributed by atoms with Gasteiger partial charge in [-0.1, -0.05) is 129 Å². The normalized spacial score (nSPS) is 18.7. The van der Waals surface area contributed by atoms with Gasteiger partial charge in [0, 0.05) is 44.3 Å². The highest BCUT2D eigenvalue weighted by Crippen LogP contribution is 2.59. The molecule has 0 fully saturated rings. The predicted octanol–water partition coefficient (Wildman–Crippen LogP) is 11.9. The molecule has 4 aromatic carbocycles. The average Bonchev–Trinajstić information content (AvgIpc) is 3.74. The third kappa shape index (κ3) is 4.33. The molecule has 3 nitrogen and oxygen atoms in total. The maximum atomic E-state index is 5.14. The van der Waals surface area contributed by atoms with Gasteiger partial charge >= 0.3 is 0 Å². The number of hydrogen-bond donors (Lipinski definition) is 0. The van der Waals surface area contributed by atoms with Crippen molar-refractivity contribution in [1.82, 2.24) is 14.5 Å². The van der Waals surface area contributed by atoms with E-state index in [1.165, 1.54) is 42.3 Å². The Balaban J connectivity index is 1.22. The quantitative estimate of drug-likeness (QED) is 0.176. The smallest absolute Gasteiger partial charge is 0.160 e. The second kappa shape index (κ2) is 11.1. The largest absolute Gasteiger partial charge is 0.315 e. The van der Waals surface area contributed by atoms with Crippen LogP contribution >= 0.6 is 11.3 Å². The average molecular weight is 638 g/mol. The van der Waals surface area contributed by atoms with Crippen molar-refractivity contribution in [2.45, 2.75) is 32.1 Å². The van der Waals surface area contributed by atoms with Crippen LogP contribution in [-0.4, -0.2) is 14.5 Å². The monoisotopic (exact) mass is 637 g/mol. The molecule has 0 radical (unpaired) electrons. The molecule has 0 aliphatic heterocycles. The molecule has 2 aliphatic carbocycles. The number of benzene rings is 4. The minimum atomic E-state index is 0.0719. The van der Waals surface area contributed by atoms with Crippen LogP contribution in [0.5, 0.6) is 0 Å². The fraction of sp³-hybridized carbons (Fsp3) is 0.136. The lowest BCUT2D eigenvalue weighted by Gasteiger charge is -2.30. The second-order valence-corrected chi connectivity index (χ2v) is 14.4. The Hall–Kier alpha value is -5.32. The Morgan fingerprint density at radius 1 is 0.792 bits per heavy atom. The van der Waals surface area contributed by atoms with Crippen molar-refractivity contribution in [2.24, 2.45) is 5.92 Å². The molecule has 3 aromatic heterocycles. The van der Waals surface area contributed by atoms with Gasteiger partial charge in [0.1, 0.15) is 0 Å². The van der Waals surface area contributed by atoms with E-state index in [-0.39, 0.29) is 5.41 Å². The van der Waals surface area contributed by atoms with Gasteiger partial charge in [-0.3, -0.25) is 0 Å². The summed E-state index contributed by atoms with van der Waals surface area (Å²) in [5.41, 5.74) is 8.00. The Bertz CT molecular complexity index is 2550. The fourth-order valence-electron chi connectivity index (χ4n) is 8.06. The van der Waals surface area contributed by atoms with Crippen LogP contribution in [0.2, 0.25) is 0 Å². The first kappa shape index (κ1) is 28.9. The Labute approximate surface area is 284 Å². The fourth-order valence-corrected chi connectivity index (χ4v) is 9.70. The van der Waals surface area contributed by atoms with Gasteiger partial charge in [-0.15, -0.1) is 11.3 Å². The minimum absolute atomic E-state index is 0.0719. The highest BCUT2D eigenvalue weighted by atomic mass is 32.1. The van der Waals surface area contributed by atoms with Crippen molar-refractivity contribution < 1.29 is 0 Å². The van der Waals surface area contributed by atoms with Gasteiger partial charge in [0.2, 0.25) is 0 Å². The molecule has 0 saturated heterocycles. The standard InChI is InChI=1S/C44H35N3S/c1-4-15-29(43-45-36-23-12-9-21-33(36)39(46-43)28-16-6-5-7-17-28)18-14-27-47-37-24-13-10-19-30(37)31-25-26-34-38-41(48-42(34)40(31)47)32-20-8-11-22-35(32)44(38,2)3/h4-27,32,35H,1-3H3/b15-4-,27-14+,29-18+. The maximum Gasteiger partial charge on any atom is 0.160 e. The summed E-state index contributed by atoms with van der Waals surface area (Å²) in [4.78, 5) is 11.7. The van der Waals surface area contributed by atoms with Crippen molar-refractivity contribution in [1.29, 1.82) is 0 Å². The predicted molar refractivity (Wildman–Crippen MR) is 205 cm³/mol. The zero-order chi connectivity index (χ0) is 32.4.